The van der Waals surface area contributed by atoms with E-state index in [9.17, 15) is 0 Å². The van der Waals surface area contributed by atoms with E-state index in [0.29, 0.717) is 11.5 Å². The summed E-state index contributed by atoms with van der Waals surface area (Å²) in [5.74, 6) is 2.72. The molecule has 4 aliphatic rings. The highest BCUT2D eigenvalue weighted by molar-refractivity contribution is 5.01. The molecule has 4 rings (SSSR count). The first-order valence-electron chi connectivity index (χ1n) is 9.73. The number of quaternary nitrogens is 1. The van der Waals surface area contributed by atoms with Crippen molar-refractivity contribution in [3.63, 3.8) is 0 Å². The van der Waals surface area contributed by atoms with Gasteiger partial charge in [0.2, 0.25) is 0 Å². The third-order valence-electron chi connectivity index (χ3n) is 7.39. The molecule has 2 saturated carbocycles. The second-order valence-electron chi connectivity index (χ2n) is 8.97. The maximum atomic E-state index is 6.28. The zero-order valence-electron chi connectivity index (χ0n) is 14.5. The Bertz CT molecular complexity index is 391. The van der Waals surface area contributed by atoms with E-state index in [1.54, 1.807) is 4.90 Å². The van der Waals surface area contributed by atoms with Gasteiger partial charge in [0.1, 0.15) is 12.6 Å². The third kappa shape index (κ3) is 2.85. The molecule has 2 aliphatic heterocycles. The molecule has 4 fully saturated rings. The molecule has 3 nitrogen and oxygen atoms in total. The molecule has 22 heavy (non-hydrogen) atoms. The van der Waals surface area contributed by atoms with E-state index < -0.39 is 0 Å². The highest BCUT2D eigenvalue weighted by atomic mass is 16.7. The molecule has 0 aromatic rings. The summed E-state index contributed by atoms with van der Waals surface area (Å²) in [6.07, 6.45) is 10.2. The first-order valence-corrected chi connectivity index (χ1v) is 9.73. The van der Waals surface area contributed by atoms with Crippen LogP contribution in [0.15, 0.2) is 0 Å². The van der Waals surface area contributed by atoms with Crippen molar-refractivity contribution in [3.05, 3.63) is 0 Å². The summed E-state index contributed by atoms with van der Waals surface area (Å²) in [5, 5.41) is 0. The van der Waals surface area contributed by atoms with Gasteiger partial charge in [-0.25, -0.2) is 0 Å². The number of likely N-dealkylation sites (tertiary alicyclic amines) is 1. The number of hydrogen-bond donors (Lipinski definition) is 1. The number of ether oxygens (including phenoxy) is 2. The Hall–Kier alpha value is -0.120. The largest absolute Gasteiger partial charge is 0.350 e. The SMILES string of the molecule is CC1(C)[C@@H]2CC[C@@H](C2)[C@H]1C[C@H]1OC[C@H](C[NH+]2CCCCC2)O1. The highest BCUT2D eigenvalue weighted by Crippen LogP contribution is 2.60. The second kappa shape index (κ2) is 6.07. The van der Waals surface area contributed by atoms with Crippen molar-refractivity contribution in [2.75, 3.05) is 26.2 Å². The number of piperidine rings is 1. The van der Waals surface area contributed by atoms with Crippen LogP contribution in [-0.2, 0) is 9.47 Å². The van der Waals surface area contributed by atoms with Crippen molar-refractivity contribution in [1.82, 2.24) is 0 Å². The van der Waals surface area contributed by atoms with Gasteiger partial charge in [-0.15, -0.1) is 0 Å². The topological polar surface area (TPSA) is 22.9 Å². The maximum Gasteiger partial charge on any atom is 0.158 e. The molecule has 2 heterocycles. The third-order valence-corrected chi connectivity index (χ3v) is 7.39. The minimum absolute atomic E-state index is 0.0813. The van der Waals surface area contributed by atoms with Crippen LogP contribution < -0.4 is 4.90 Å². The lowest BCUT2D eigenvalue weighted by atomic mass is 9.67. The summed E-state index contributed by atoms with van der Waals surface area (Å²) in [4.78, 5) is 1.74. The molecule has 0 amide bonds. The van der Waals surface area contributed by atoms with Crippen molar-refractivity contribution in [3.8, 4) is 0 Å². The van der Waals surface area contributed by atoms with Crippen LogP contribution in [0.1, 0.15) is 58.8 Å². The molecule has 126 valence electrons. The van der Waals surface area contributed by atoms with Gasteiger partial charge in [-0.05, 0) is 61.7 Å². The molecule has 2 saturated heterocycles. The Kier molecular flexibility index (Phi) is 4.25. The lowest BCUT2D eigenvalue weighted by molar-refractivity contribution is -0.907. The summed E-state index contributed by atoms with van der Waals surface area (Å²) in [6, 6.07) is 0. The van der Waals surface area contributed by atoms with Gasteiger partial charge in [0.25, 0.3) is 0 Å². The average molecular weight is 308 g/mol. The van der Waals surface area contributed by atoms with Crippen LogP contribution in [0, 0.1) is 23.2 Å². The van der Waals surface area contributed by atoms with Crippen molar-refractivity contribution < 1.29 is 14.4 Å². The van der Waals surface area contributed by atoms with Gasteiger partial charge in [0.05, 0.1) is 19.7 Å². The van der Waals surface area contributed by atoms with E-state index in [-0.39, 0.29) is 6.29 Å². The normalized spacial score (nSPS) is 44.7. The van der Waals surface area contributed by atoms with E-state index >= 15 is 0 Å². The molecular weight excluding hydrogens is 274 g/mol. The molecular formula is C19H34NO2+. The zero-order valence-corrected chi connectivity index (χ0v) is 14.5. The number of hydrogen-bond acceptors (Lipinski definition) is 2. The molecule has 0 aromatic heterocycles. The monoisotopic (exact) mass is 308 g/mol. The Morgan fingerprint density at radius 3 is 2.64 bits per heavy atom. The fraction of sp³-hybridized carbons (Fsp3) is 1.00. The molecule has 5 atom stereocenters. The molecule has 0 unspecified atom stereocenters. The van der Waals surface area contributed by atoms with Crippen LogP contribution in [0.4, 0.5) is 0 Å². The zero-order chi connectivity index (χ0) is 15.2. The predicted octanol–water partition coefficient (Wildman–Crippen LogP) is 2.26. The predicted molar refractivity (Wildman–Crippen MR) is 86.7 cm³/mol. The number of rotatable bonds is 4. The number of fused-ring (bicyclic) bond motifs is 2. The molecule has 0 radical (unpaired) electrons. The van der Waals surface area contributed by atoms with Gasteiger partial charge in [0, 0.05) is 6.42 Å². The van der Waals surface area contributed by atoms with Crippen molar-refractivity contribution in [2.45, 2.75) is 71.2 Å². The minimum Gasteiger partial charge on any atom is -0.350 e. The van der Waals surface area contributed by atoms with Crippen molar-refractivity contribution >= 4 is 0 Å². The lowest BCUT2D eigenvalue weighted by Crippen LogP contribution is -3.13. The van der Waals surface area contributed by atoms with Gasteiger partial charge in [0.15, 0.2) is 6.29 Å². The fourth-order valence-corrected chi connectivity index (χ4v) is 5.99. The van der Waals surface area contributed by atoms with Crippen LogP contribution in [0.25, 0.3) is 0 Å². The molecule has 3 heteroatoms. The highest BCUT2D eigenvalue weighted by Gasteiger charge is 2.53. The Morgan fingerprint density at radius 1 is 1.09 bits per heavy atom. The van der Waals surface area contributed by atoms with Gasteiger partial charge in [-0.1, -0.05) is 13.8 Å². The standard InChI is InChI=1S/C19H33NO2/c1-19(2)15-7-6-14(10-15)17(19)11-18-21-13-16(22-18)12-20-8-4-3-5-9-20/h14-18H,3-13H2,1-2H3/p+1/t14-,15+,16-,17+,18-/m0/s1. The van der Waals surface area contributed by atoms with Crippen LogP contribution in [0.5, 0.6) is 0 Å². The van der Waals surface area contributed by atoms with E-state index in [2.05, 4.69) is 13.8 Å². The van der Waals surface area contributed by atoms with E-state index in [1.165, 1.54) is 51.6 Å². The minimum atomic E-state index is 0.0813. The van der Waals surface area contributed by atoms with Gasteiger partial charge >= 0.3 is 0 Å². The van der Waals surface area contributed by atoms with E-state index in [1.807, 2.05) is 0 Å². The summed E-state index contributed by atoms with van der Waals surface area (Å²) < 4.78 is 12.3. The summed E-state index contributed by atoms with van der Waals surface area (Å²) >= 11 is 0. The van der Waals surface area contributed by atoms with Crippen LogP contribution in [-0.4, -0.2) is 38.6 Å². The van der Waals surface area contributed by atoms with Gasteiger partial charge < -0.3 is 14.4 Å². The lowest BCUT2D eigenvalue weighted by Gasteiger charge is -2.39. The Balaban J connectivity index is 1.28. The van der Waals surface area contributed by atoms with Crippen molar-refractivity contribution in [1.29, 1.82) is 0 Å². The molecule has 2 aliphatic carbocycles. The molecule has 0 aromatic carbocycles. The Labute approximate surface area is 135 Å². The maximum absolute atomic E-state index is 6.28. The van der Waals surface area contributed by atoms with Crippen LogP contribution in [0.2, 0.25) is 0 Å². The molecule has 0 spiro atoms. The van der Waals surface area contributed by atoms with E-state index in [4.69, 9.17) is 9.47 Å². The first kappa shape index (κ1) is 15.4. The Morgan fingerprint density at radius 2 is 1.91 bits per heavy atom. The molecule has 2 bridgehead atoms. The fourth-order valence-electron chi connectivity index (χ4n) is 5.99. The summed E-state index contributed by atoms with van der Waals surface area (Å²) in [7, 11) is 0. The van der Waals surface area contributed by atoms with Gasteiger partial charge in [-0.2, -0.15) is 0 Å². The van der Waals surface area contributed by atoms with Gasteiger partial charge in [-0.3, -0.25) is 0 Å². The van der Waals surface area contributed by atoms with Crippen LogP contribution >= 0.6 is 0 Å². The second-order valence-corrected chi connectivity index (χ2v) is 8.97. The average Bonchev–Trinajstić information content (AvgIpc) is 3.19. The quantitative estimate of drug-likeness (QED) is 0.861. The number of nitrogens with one attached hydrogen (secondary N) is 1. The smallest absolute Gasteiger partial charge is 0.158 e. The van der Waals surface area contributed by atoms with Crippen LogP contribution in [0.3, 0.4) is 0 Å². The molecule has 1 N–H and O–H groups in total. The summed E-state index contributed by atoms with van der Waals surface area (Å²) in [6.45, 7) is 9.65. The van der Waals surface area contributed by atoms with E-state index in [0.717, 1.165) is 37.3 Å². The summed E-state index contributed by atoms with van der Waals surface area (Å²) in [5.41, 5.74) is 0.506. The first-order chi connectivity index (χ1) is 10.6. The van der Waals surface area contributed by atoms with Crippen molar-refractivity contribution in [2.24, 2.45) is 23.2 Å².